The number of anilines is 1. The van der Waals surface area contributed by atoms with Crippen LogP contribution in [0.4, 0.5) is 5.69 Å². The molecule has 136 valence electrons. The quantitative estimate of drug-likeness (QED) is 0.339. The second kappa shape index (κ2) is 9.96. The number of imide groups is 1. The minimum absolute atomic E-state index is 0.0314. The van der Waals surface area contributed by atoms with Crippen LogP contribution in [0.25, 0.3) is 0 Å². The van der Waals surface area contributed by atoms with E-state index in [0.29, 0.717) is 20.1 Å². The van der Waals surface area contributed by atoms with Crippen LogP contribution in [-0.2, 0) is 9.59 Å². The summed E-state index contributed by atoms with van der Waals surface area (Å²) >= 11 is 5.41. The number of carbonyl (C=O) groups excluding carboxylic acids is 3. The van der Waals surface area contributed by atoms with Gasteiger partial charge in [0, 0.05) is 16.9 Å². The lowest BCUT2D eigenvalue weighted by molar-refractivity contribution is -0.120. The number of aromatic carboxylic acids is 1. The zero-order valence-electron chi connectivity index (χ0n) is 12.9. The Morgan fingerprint density at radius 1 is 1.04 bits per heavy atom. The van der Waals surface area contributed by atoms with Crippen molar-refractivity contribution < 1.29 is 24.3 Å². The molecule has 25 heavy (non-hydrogen) atoms. The second-order valence-electron chi connectivity index (χ2n) is 4.82. The Bertz CT molecular complexity index is 752. The lowest BCUT2D eigenvalue weighted by atomic mass is 10.1. The van der Waals surface area contributed by atoms with Crippen molar-refractivity contribution in [1.82, 2.24) is 5.32 Å². The van der Waals surface area contributed by atoms with Crippen LogP contribution in [0.5, 0.6) is 0 Å². The third-order valence-corrected chi connectivity index (χ3v) is 6.16. The van der Waals surface area contributed by atoms with Gasteiger partial charge in [0.1, 0.15) is 0 Å². The minimum atomic E-state index is -1.24. The lowest BCUT2D eigenvalue weighted by Gasteiger charge is -2.17. The number of halogens is 3. The van der Waals surface area contributed by atoms with Gasteiger partial charge in [0.25, 0.3) is 5.91 Å². The number of carboxylic acid groups (broad SMARTS) is 1. The maximum absolute atomic E-state index is 12.5. The van der Waals surface area contributed by atoms with Gasteiger partial charge in [-0.2, -0.15) is 0 Å². The summed E-state index contributed by atoms with van der Waals surface area (Å²) in [5.74, 6) is -2.86. The molecule has 0 saturated carbocycles. The first-order chi connectivity index (χ1) is 11.6. The Balaban J connectivity index is 3.45. The number of carboxylic acids is 1. The first-order valence-corrected chi connectivity index (χ1v) is 10.1. The summed E-state index contributed by atoms with van der Waals surface area (Å²) < 4.78 is 0.855. The third kappa shape index (κ3) is 5.72. The summed E-state index contributed by atoms with van der Waals surface area (Å²) in [7, 11) is 0. The van der Waals surface area contributed by atoms with Crippen LogP contribution in [-0.4, -0.2) is 35.3 Å². The summed E-state index contributed by atoms with van der Waals surface area (Å²) in [5, 5.41) is 14.2. The second-order valence-corrected chi connectivity index (χ2v) is 8.06. The molecule has 0 spiro atoms. The van der Waals surface area contributed by atoms with E-state index < -0.39 is 23.7 Å². The Morgan fingerprint density at radius 2 is 1.60 bits per heavy atom. The van der Waals surface area contributed by atoms with E-state index in [2.05, 4.69) is 10.6 Å². The van der Waals surface area contributed by atoms with Crippen molar-refractivity contribution in [1.29, 1.82) is 0 Å². The van der Waals surface area contributed by atoms with Crippen molar-refractivity contribution in [2.75, 3.05) is 11.9 Å². The fourth-order valence-electron chi connectivity index (χ4n) is 1.85. The molecule has 0 unspecified atom stereocenters. The standard InChI is InChI=1S/C14H14I3N3O5/c1-5(21)19-12-10(16)7(9(15)8(11(12)17)14(24)25)13(23)20-6(22)3-2-4-18/h2-4,18H2,1H3,(H,19,21)(H,24,25)(H,20,22,23). The van der Waals surface area contributed by atoms with Crippen molar-refractivity contribution >= 4 is 97.2 Å². The normalized spacial score (nSPS) is 10.3. The molecule has 3 amide bonds. The van der Waals surface area contributed by atoms with Gasteiger partial charge in [0.15, 0.2) is 0 Å². The molecule has 0 aliphatic rings. The average molecular weight is 685 g/mol. The average Bonchev–Trinajstić information content (AvgIpc) is 2.48. The summed E-state index contributed by atoms with van der Waals surface area (Å²) in [6.07, 6.45) is 0.515. The van der Waals surface area contributed by atoms with Crippen LogP contribution in [0, 0.1) is 10.7 Å². The van der Waals surface area contributed by atoms with E-state index in [4.69, 9.17) is 5.73 Å². The molecule has 1 rings (SSSR count). The first kappa shape index (κ1) is 22.5. The smallest absolute Gasteiger partial charge is 0.337 e. The third-order valence-electron chi connectivity index (χ3n) is 2.92. The van der Waals surface area contributed by atoms with Crippen LogP contribution in [0.1, 0.15) is 40.5 Å². The van der Waals surface area contributed by atoms with E-state index in [1.54, 1.807) is 45.2 Å². The highest BCUT2D eigenvalue weighted by Crippen LogP contribution is 2.35. The number of benzene rings is 1. The molecule has 0 heterocycles. The molecule has 0 aliphatic heterocycles. The van der Waals surface area contributed by atoms with Gasteiger partial charge in [-0.15, -0.1) is 0 Å². The van der Waals surface area contributed by atoms with Gasteiger partial charge >= 0.3 is 5.97 Å². The number of nitrogens with one attached hydrogen (secondary N) is 2. The van der Waals surface area contributed by atoms with Gasteiger partial charge in [-0.1, -0.05) is 0 Å². The summed E-state index contributed by atoms with van der Waals surface area (Å²) in [5.41, 5.74) is 5.48. The van der Waals surface area contributed by atoms with Crippen molar-refractivity contribution in [2.45, 2.75) is 19.8 Å². The zero-order valence-corrected chi connectivity index (χ0v) is 19.4. The van der Waals surface area contributed by atoms with Crippen LogP contribution >= 0.6 is 67.8 Å². The van der Waals surface area contributed by atoms with Crippen molar-refractivity contribution in [3.8, 4) is 0 Å². The lowest BCUT2D eigenvalue weighted by Crippen LogP contribution is -2.33. The van der Waals surface area contributed by atoms with Crippen molar-refractivity contribution in [2.24, 2.45) is 5.73 Å². The molecule has 0 aromatic heterocycles. The molecular formula is C14H14I3N3O5. The highest BCUT2D eigenvalue weighted by Gasteiger charge is 2.28. The molecule has 0 aliphatic carbocycles. The van der Waals surface area contributed by atoms with E-state index in [1.807, 2.05) is 22.6 Å². The first-order valence-electron chi connectivity index (χ1n) is 6.87. The maximum atomic E-state index is 12.5. The van der Waals surface area contributed by atoms with Crippen molar-refractivity contribution in [3.63, 3.8) is 0 Å². The topological polar surface area (TPSA) is 139 Å². The predicted molar refractivity (Wildman–Crippen MR) is 117 cm³/mol. The molecule has 0 fully saturated rings. The number of nitrogens with two attached hydrogens (primary N) is 1. The Kier molecular flexibility index (Phi) is 8.96. The van der Waals surface area contributed by atoms with Gasteiger partial charge in [-0.05, 0) is 80.7 Å². The van der Waals surface area contributed by atoms with Crippen LogP contribution in [0.15, 0.2) is 0 Å². The largest absolute Gasteiger partial charge is 0.478 e. The number of carbonyl (C=O) groups is 4. The molecule has 0 radical (unpaired) electrons. The van der Waals surface area contributed by atoms with Gasteiger partial charge < -0.3 is 16.2 Å². The fourth-order valence-corrected chi connectivity index (χ4v) is 6.24. The van der Waals surface area contributed by atoms with Crippen molar-refractivity contribution in [3.05, 3.63) is 21.8 Å². The van der Waals surface area contributed by atoms with Gasteiger partial charge in [0.05, 0.1) is 24.0 Å². The number of hydrogen-bond donors (Lipinski definition) is 4. The van der Waals surface area contributed by atoms with E-state index in [9.17, 15) is 24.3 Å². The van der Waals surface area contributed by atoms with E-state index in [1.165, 1.54) is 6.92 Å². The number of amides is 3. The molecule has 0 saturated heterocycles. The summed E-state index contributed by atoms with van der Waals surface area (Å²) in [6.45, 7) is 1.59. The monoisotopic (exact) mass is 685 g/mol. The van der Waals surface area contributed by atoms with Gasteiger partial charge in [-0.25, -0.2) is 4.79 Å². The fraction of sp³-hybridized carbons (Fsp3) is 0.286. The summed E-state index contributed by atoms with van der Waals surface area (Å²) in [6, 6.07) is 0. The molecule has 5 N–H and O–H groups in total. The number of rotatable bonds is 6. The Morgan fingerprint density at radius 3 is 2.08 bits per heavy atom. The minimum Gasteiger partial charge on any atom is -0.478 e. The molecule has 8 nitrogen and oxygen atoms in total. The van der Waals surface area contributed by atoms with Crippen LogP contribution in [0.3, 0.4) is 0 Å². The molecule has 11 heteroatoms. The maximum Gasteiger partial charge on any atom is 0.337 e. The number of hydrogen-bond acceptors (Lipinski definition) is 5. The van der Waals surface area contributed by atoms with Gasteiger partial charge in [-0.3, -0.25) is 19.7 Å². The highest BCUT2D eigenvalue weighted by atomic mass is 127. The highest BCUT2D eigenvalue weighted by molar-refractivity contribution is 14.1. The Labute approximate surface area is 184 Å². The molecular weight excluding hydrogens is 671 g/mol. The Hall–Kier alpha value is -0.550. The van der Waals surface area contributed by atoms with Crippen LogP contribution < -0.4 is 16.4 Å². The van der Waals surface area contributed by atoms with E-state index in [0.717, 1.165) is 0 Å². The molecule has 1 aromatic carbocycles. The molecule has 0 bridgehead atoms. The van der Waals surface area contributed by atoms with E-state index >= 15 is 0 Å². The predicted octanol–water partition coefficient (Wildman–Crippen LogP) is 2.15. The molecule has 1 aromatic rings. The SMILES string of the molecule is CC(=O)Nc1c(I)c(C(=O)O)c(I)c(C(=O)NC(=O)CCCN)c1I. The van der Waals surface area contributed by atoms with E-state index in [-0.39, 0.29) is 26.8 Å². The van der Waals surface area contributed by atoms with Gasteiger partial charge in [0.2, 0.25) is 11.8 Å². The zero-order chi connectivity index (χ0) is 19.3. The summed E-state index contributed by atoms with van der Waals surface area (Å²) in [4.78, 5) is 47.3. The van der Waals surface area contributed by atoms with Crippen LogP contribution in [0.2, 0.25) is 0 Å². The molecule has 0 atom stereocenters.